The Balaban J connectivity index is 0.000000326. The summed E-state index contributed by atoms with van der Waals surface area (Å²) in [7, 11) is -8.46. The zero-order valence-electron chi connectivity index (χ0n) is 17.8. The van der Waals surface area contributed by atoms with Crippen LogP contribution in [-0.2, 0) is 17.1 Å². The van der Waals surface area contributed by atoms with Gasteiger partial charge >= 0.3 is 50.1 Å². The first-order chi connectivity index (χ1) is 14.3. The van der Waals surface area contributed by atoms with Crippen LogP contribution in [0.15, 0.2) is 24.3 Å². The Hall–Kier alpha value is -0.731. The number of hydrogen-bond donors (Lipinski definition) is 1. The van der Waals surface area contributed by atoms with Crippen molar-refractivity contribution in [3.63, 3.8) is 0 Å². The molecular formula is C20H29F6FeN4P+. The van der Waals surface area contributed by atoms with E-state index < -0.39 is 7.81 Å². The molecule has 3 aliphatic rings. The molecule has 1 aliphatic carbocycles. The van der Waals surface area contributed by atoms with Crippen LogP contribution in [0, 0.1) is 32.1 Å². The zero-order valence-corrected chi connectivity index (χ0v) is 19.8. The van der Waals surface area contributed by atoms with Crippen molar-refractivity contribution in [2.45, 2.75) is 0 Å². The molecule has 0 bridgehead atoms. The molecule has 0 aromatic heterocycles. The van der Waals surface area contributed by atoms with Crippen LogP contribution in [0.2, 0.25) is 0 Å². The predicted molar refractivity (Wildman–Crippen MR) is 116 cm³/mol. The maximum Gasteiger partial charge on any atom is 2.00 e. The normalized spacial score (nSPS) is 21.7. The number of likely N-dealkylation sites (N-methyl/N-ethyl adjacent to an activating group) is 1. The number of halogens is 6. The molecule has 2 heterocycles. The summed E-state index contributed by atoms with van der Waals surface area (Å²) in [5.74, 6) is 0. The molecule has 4 nitrogen and oxygen atoms in total. The van der Waals surface area contributed by atoms with Gasteiger partial charge in [-0.3, -0.25) is 0 Å². The van der Waals surface area contributed by atoms with E-state index in [1.165, 1.54) is 24.5 Å². The summed E-state index contributed by atoms with van der Waals surface area (Å²) in [6.45, 7) is 9.05. The van der Waals surface area contributed by atoms with Gasteiger partial charge in [0.05, 0.1) is 0 Å². The molecule has 12 heteroatoms. The first kappa shape index (κ1) is 29.3. The van der Waals surface area contributed by atoms with E-state index in [-0.39, 0.29) is 17.1 Å². The average Bonchev–Trinajstić information content (AvgIpc) is 3.27. The number of anilines is 2. The topological polar surface area (TPSA) is 21.8 Å². The van der Waals surface area contributed by atoms with Gasteiger partial charge in [0.2, 0.25) is 0 Å². The van der Waals surface area contributed by atoms with Gasteiger partial charge in [0.1, 0.15) is 0 Å². The number of piperazine rings is 2. The van der Waals surface area contributed by atoms with Gasteiger partial charge in [-0.1, -0.05) is 0 Å². The fourth-order valence-corrected chi connectivity index (χ4v) is 3.18. The predicted octanol–water partition coefficient (Wildman–Crippen LogP) is 5.25. The van der Waals surface area contributed by atoms with E-state index in [1.807, 2.05) is 32.1 Å². The third-order valence-corrected chi connectivity index (χ3v) is 4.76. The van der Waals surface area contributed by atoms with E-state index in [9.17, 15) is 25.2 Å². The number of rotatable bonds is 2. The summed E-state index contributed by atoms with van der Waals surface area (Å²) in [5, 5.41) is 3.40. The van der Waals surface area contributed by atoms with Crippen LogP contribution in [0.4, 0.5) is 36.6 Å². The Bertz CT molecular complexity index is 638. The summed E-state index contributed by atoms with van der Waals surface area (Å²) in [4.78, 5) is 7.34. The maximum absolute atomic E-state index is 10.7. The SMILES string of the molecule is CN1CCN(c2ccc(N3CCNCC3)cc2)CC1.F[P-](F)(F)(F)(F)F.[CH]1[CH][CH][CH][CH]1.[Fe+2]. The minimum absolute atomic E-state index is 0. The maximum atomic E-state index is 9.87. The molecule has 5 radical (unpaired) electrons. The van der Waals surface area contributed by atoms with Gasteiger partial charge in [-0.2, -0.15) is 0 Å². The van der Waals surface area contributed by atoms with Crippen molar-refractivity contribution in [3.8, 4) is 0 Å². The third-order valence-electron chi connectivity index (χ3n) is 4.76. The number of benzene rings is 1. The van der Waals surface area contributed by atoms with E-state index in [4.69, 9.17) is 0 Å². The largest absolute Gasteiger partial charge is 2.00 e. The molecule has 0 spiro atoms. The van der Waals surface area contributed by atoms with E-state index in [0.29, 0.717) is 0 Å². The molecule has 2 aliphatic heterocycles. The number of nitrogens with one attached hydrogen (secondary N) is 1. The van der Waals surface area contributed by atoms with Crippen molar-refractivity contribution >= 4 is 19.2 Å². The van der Waals surface area contributed by atoms with E-state index in [2.05, 4.69) is 51.3 Å². The Morgan fingerprint density at radius 2 is 0.938 bits per heavy atom. The molecule has 1 aromatic rings. The third kappa shape index (κ3) is 14.4. The van der Waals surface area contributed by atoms with Crippen LogP contribution in [0.1, 0.15) is 0 Å². The summed E-state index contributed by atoms with van der Waals surface area (Å²) >= 11 is 0. The second-order valence-corrected chi connectivity index (χ2v) is 9.38. The molecule has 1 saturated carbocycles. The van der Waals surface area contributed by atoms with Gasteiger partial charge in [0, 0.05) is 63.7 Å². The van der Waals surface area contributed by atoms with Crippen molar-refractivity contribution in [3.05, 3.63) is 56.4 Å². The van der Waals surface area contributed by atoms with Gasteiger partial charge in [0.25, 0.3) is 0 Å². The Morgan fingerprint density at radius 3 is 1.28 bits per heavy atom. The summed E-state index contributed by atoms with van der Waals surface area (Å²) < 4.78 is 59.2. The molecule has 2 saturated heterocycles. The van der Waals surface area contributed by atoms with Crippen molar-refractivity contribution in [2.24, 2.45) is 0 Å². The summed E-state index contributed by atoms with van der Waals surface area (Å²) in [5.41, 5.74) is 2.73. The summed E-state index contributed by atoms with van der Waals surface area (Å²) in [6.07, 6.45) is 10.0. The average molecular weight is 526 g/mol. The molecular weight excluding hydrogens is 497 g/mol. The van der Waals surface area contributed by atoms with E-state index in [1.54, 1.807) is 0 Å². The fraction of sp³-hybridized carbons (Fsp3) is 0.450. The molecule has 0 atom stereocenters. The van der Waals surface area contributed by atoms with Crippen molar-refractivity contribution in [1.82, 2.24) is 10.2 Å². The van der Waals surface area contributed by atoms with Crippen LogP contribution in [-0.4, -0.2) is 64.3 Å². The molecule has 32 heavy (non-hydrogen) atoms. The number of hydrogen-bond acceptors (Lipinski definition) is 4. The standard InChI is InChI=1S/C15H24N4.C5H5.F6P.Fe/c1-17-10-12-19(13-11-17)15-4-2-14(3-5-15)18-8-6-16-7-9-18;1-2-4-5-3-1;1-7(2,3,4,5)6;/h2-5,16H,6-13H2,1H3;1-5H;;/q;;-1;+2. The first-order valence-corrected chi connectivity index (χ1v) is 12.0. The Kier molecular flexibility index (Phi) is 10.6. The zero-order chi connectivity index (χ0) is 23.0. The minimum Gasteiger partial charge on any atom is -0.0312 e. The van der Waals surface area contributed by atoms with Crippen LogP contribution < -0.4 is 15.1 Å². The van der Waals surface area contributed by atoms with Gasteiger partial charge in [-0.25, -0.2) is 0 Å². The molecule has 0 unspecified atom stereocenters. The van der Waals surface area contributed by atoms with Gasteiger partial charge in [-0.05, 0) is 63.4 Å². The molecule has 4 rings (SSSR count). The number of nitrogens with zero attached hydrogens (tertiary/aromatic N) is 3. The molecule has 3 fully saturated rings. The van der Waals surface area contributed by atoms with Crippen molar-refractivity contribution in [1.29, 1.82) is 0 Å². The molecule has 1 aromatic carbocycles. The molecule has 183 valence electrons. The molecule has 1 N–H and O–H groups in total. The van der Waals surface area contributed by atoms with Gasteiger partial charge in [-0.15, -0.1) is 0 Å². The van der Waals surface area contributed by atoms with Crippen LogP contribution in [0.25, 0.3) is 0 Å². The Morgan fingerprint density at radius 1 is 0.625 bits per heavy atom. The van der Waals surface area contributed by atoms with E-state index >= 15 is 0 Å². The second kappa shape index (κ2) is 11.6. The monoisotopic (exact) mass is 526 g/mol. The van der Waals surface area contributed by atoms with Gasteiger partial charge < -0.3 is 20.0 Å². The van der Waals surface area contributed by atoms with Crippen LogP contribution in [0.3, 0.4) is 0 Å². The fourth-order valence-electron chi connectivity index (χ4n) is 3.18. The quantitative estimate of drug-likeness (QED) is 0.323. The van der Waals surface area contributed by atoms with Gasteiger partial charge in [0.15, 0.2) is 0 Å². The van der Waals surface area contributed by atoms with E-state index in [0.717, 1.165) is 39.3 Å². The second-order valence-electron chi connectivity index (χ2n) is 7.46. The molecule has 0 amide bonds. The van der Waals surface area contributed by atoms with Crippen LogP contribution in [0.5, 0.6) is 0 Å². The minimum atomic E-state index is -10.7. The first-order valence-electron chi connectivity index (χ1n) is 10.0. The van der Waals surface area contributed by atoms with Crippen molar-refractivity contribution in [2.75, 3.05) is 69.2 Å². The van der Waals surface area contributed by atoms with Crippen LogP contribution >= 0.6 is 7.81 Å². The smallest absolute Gasteiger partial charge is 0.0312 e. The summed E-state index contributed by atoms with van der Waals surface area (Å²) in [6, 6.07) is 9.11. The van der Waals surface area contributed by atoms with Crippen molar-refractivity contribution < 1.29 is 42.3 Å². The Labute approximate surface area is 197 Å².